The number of aromatic nitrogens is 5. The van der Waals surface area contributed by atoms with Crippen LogP contribution in [0.25, 0.3) is 11.3 Å². The molecule has 27 heavy (non-hydrogen) atoms. The van der Waals surface area contributed by atoms with Gasteiger partial charge in [-0.2, -0.15) is 5.10 Å². The summed E-state index contributed by atoms with van der Waals surface area (Å²) < 4.78 is 1.55. The van der Waals surface area contributed by atoms with Gasteiger partial charge in [0, 0.05) is 56.7 Å². The predicted molar refractivity (Wildman–Crippen MR) is 105 cm³/mol. The van der Waals surface area contributed by atoms with Crippen molar-refractivity contribution in [2.45, 2.75) is 13.5 Å². The highest BCUT2D eigenvalue weighted by Gasteiger charge is 2.19. The molecular formula is C18H21N7OS. The van der Waals surface area contributed by atoms with E-state index in [4.69, 9.17) is 0 Å². The summed E-state index contributed by atoms with van der Waals surface area (Å²) >= 11 is 1.63. The summed E-state index contributed by atoms with van der Waals surface area (Å²) in [4.78, 5) is 20.8. The molecule has 8 nitrogen and oxygen atoms in total. The van der Waals surface area contributed by atoms with Crippen LogP contribution in [0.3, 0.4) is 0 Å². The second kappa shape index (κ2) is 7.93. The van der Waals surface area contributed by atoms with E-state index in [1.807, 2.05) is 19.1 Å². The first kappa shape index (κ1) is 17.7. The largest absolute Gasteiger partial charge is 0.344 e. The zero-order chi connectivity index (χ0) is 18.6. The van der Waals surface area contributed by atoms with Crippen molar-refractivity contribution in [1.29, 1.82) is 0 Å². The molecule has 3 aromatic rings. The smallest absolute Gasteiger partial charge is 0.266 e. The van der Waals surface area contributed by atoms with Crippen LogP contribution in [0, 0.1) is 6.92 Å². The molecule has 0 aromatic carbocycles. The lowest BCUT2D eigenvalue weighted by Crippen LogP contribution is -2.47. The second-order valence-electron chi connectivity index (χ2n) is 6.45. The summed E-state index contributed by atoms with van der Waals surface area (Å²) in [5, 5.41) is 14.8. The third-order valence-corrected chi connectivity index (χ3v) is 5.53. The molecule has 1 fully saturated rings. The molecule has 9 heteroatoms. The van der Waals surface area contributed by atoms with Crippen molar-refractivity contribution in [2.24, 2.45) is 0 Å². The SMILES string of the molecule is Cc1nnc(N2CCN(CCn3nc(-c4ccncc4)ccc3=O)CC2)s1. The molecule has 0 unspecified atom stereocenters. The fraction of sp³-hybridized carbons (Fsp3) is 0.389. The summed E-state index contributed by atoms with van der Waals surface area (Å²) in [5.41, 5.74) is 1.67. The lowest BCUT2D eigenvalue weighted by molar-refractivity contribution is 0.242. The molecule has 0 bridgehead atoms. The molecule has 4 rings (SSSR count). The zero-order valence-corrected chi connectivity index (χ0v) is 16.0. The third kappa shape index (κ3) is 4.20. The van der Waals surface area contributed by atoms with Crippen LogP contribution >= 0.6 is 11.3 Å². The predicted octanol–water partition coefficient (Wildman–Crippen LogP) is 1.29. The van der Waals surface area contributed by atoms with Crippen LogP contribution < -0.4 is 10.5 Å². The van der Waals surface area contributed by atoms with Crippen LogP contribution in [0.2, 0.25) is 0 Å². The number of piperazine rings is 1. The van der Waals surface area contributed by atoms with Crippen LogP contribution in [-0.4, -0.2) is 62.6 Å². The molecule has 1 saturated heterocycles. The fourth-order valence-corrected chi connectivity index (χ4v) is 3.84. The Kier molecular flexibility index (Phi) is 5.21. The molecule has 0 atom stereocenters. The lowest BCUT2D eigenvalue weighted by Gasteiger charge is -2.34. The van der Waals surface area contributed by atoms with Crippen molar-refractivity contribution >= 4 is 16.5 Å². The minimum Gasteiger partial charge on any atom is -0.344 e. The number of pyridine rings is 1. The number of nitrogens with zero attached hydrogens (tertiary/aromatic N) is 7. The molecule has 0 radical (unpaired) electrons. The number of rotatable bonds is 5. The first-order valence-electron chi connectivity index (χ1n) is 8.95. The van der Waals surface area contributed by atoms with E-state index < -0.39 is 0 Å². The Bertz CT molecular complexity index is 948. The highest BCUT2D eigenvalue weighted by Crippen LogP contribution is 2.20. The van der Waals surface area contributed by atoms with Gasteiger partial charge in [-0.25, -0.2) is 4.68 Å². The van der Waals surface area contributed by atoms with E-state index in [0.29, 0.717) is 6.54 Å². The fourth-order valence-electron chi connectivity index (χ4n) is 3.10. The summed E-state index contributed by atoms with van der Waals surface area (Å²) in [6.45, 7) is 7.09. The molecule has 1 aliphatic heterocycles. The molecule has 3 aromatic heterocycles. The Labute approximate surface area is 161 Å². The van der Waals surface area contributed by atoms with E-state index in [2.05, 4.69) is 30.1 Å². The summed E-state index contributed by atoms with van der Waals surface area (Å²) in [6.07, 6.45) is 3.46. The quantitative estimate of drug-likeness (QED) is 0.657. The van der Waals surface area contributed by atoms with E-state index in [0.717, 1.165) is 54.1 Å². The Morgan fingerprint density at radius 3 is 2.48 bits per heavy atom. The molecule has 140 valence electrons. The number of hydrogen-bond acceptors (Lipinski definition) is 8. The average Bonchev–Trinajstić information content (AvgIpc) is 3.15. The van der Waals surface area contributed by atoms with Gasteiger partial charge in [-0.05, 0) is 25.1 Å². The standard InChI is InChI=1S/C18H21N7OS/c1-14-20-21-18(27-14)24-11-8-23(9-12-24)10-13-25-17(26)3-2-16(22-25)15-4-6-19-7-5-15/h2-7H,8-13H2,1H3. The number of hydrogen-bond donors (Lipinski definition) is 0. The van der Waals surface area contributed by atoms with E-state index in [1.54, 1.807) is 40.5 Å². The normalized spacial score (nSPS) is 15.2. The van der Waals surface area contributed by atoms with E-state index in [1.165, 1.54) is 0 Å². The number of anilines is 1. The maximum absolute atomic E-state index is 12.2. The maximum Gasteiger partial charge on any atom is 0.266 e. The maximum atomic E-state index is 12.2. The Balaban J connectivity index is 1.36. The van der Waals surface area contributed by atoms with Crippen LogP contribution in [-0.2, 0) is 6.54 Å². The summed E-state index contributed by atoms with van der Waals surface area (Å²) in [7, 11) is 0. The van der Waals surface area contributed by atoms with Gasteiger partial charge < -0.3 is 4.90 Å². The van der Waals surface area contributed by atoms with E-state index in [-0.39, 0.29) is 5.56 Å². The molecule has 1 aliphatic rings. The minimum absolute atomic E-state index is 0.0734. The monoisotopic (exact) mass is 383 g/mol. The topological polar surface area (TPSA) is 80.0 Å². The van der Waals surface area contributed by atoms with Crippen LogP contribution in [0.15, 0.2) is 41.5 Å². The van der Waals surface area contributed by atoms with Gasteiger partial charge >= 0.3 is 0 Å². The number of aryl methyl sites for hydroxylation is 1. The summed E-state index contributed by atoms with van der Waals surface area (Å²) in [5.74, 6) is 0. The van der Waals surface area contributed by atoms with Crippen LogP contribution in [0.4, 0.5) is 5.13 Å². The van der Waals surface area contributed by atoms with E-state index >= 15 is 0 Å². The van der Waals surface area contributed by atoms with Crippen molar-refractivity contribution in [1.82, 2.24) is 29.9 Å². The molecule has 0 spiro atoms. The van der Waals surface area contributed by atoms with Gasteiger partial charge in [-0.15, -0.1) is 10.2 Å². The molecule has 4 heterocycles. The van der Waals surface area contributed by atoms with Gasteiger partial charge in [0.2, 0.25) is 5.13 Å². The Morgan fingerprint density at radius 1 is 1.00 bits per heavy atom. The highest BCUT2D eigenvalue weighted by molar-refractivity contribution is 7.15. The molecular weight excluding hydrogens is 362 g/mol. The van der Waals surface area contributed by atoms with Crippen molar-refractivity contribution < 1.29 is 0 Å². The van der Waals surface area contributed by atoms with Crippen LogP contribution in [0.5, 0.6) is 0 Å². The highest BCUT2D eigenvalue weighted by atomic mass is 32.1. The first-order valence-corrected chi connectivity index (χ1v) is 9.77. The van der Waals surface area contributed by atoms with Crippen LogP contribution in [0.1, 0.15) is 5.01 Å². The summed E-state index contributed by atoms with van der Waals surface area (Å²) in [6, 6.07) is 7.13. The van der Waals surface area contributed by atoms with Gasteiger partial charge in [-0.1, -0.05) is 11.3 Å². The second-order valence-corrected chi connectivity index (χ2v) is 7.61. The van der Waals surface area contributed by atoms with Gasteiger partial charge in [-0.3, -0.25) is 14.7 Å². The van der Waals surface area contributed by atoms with Crippen molar-refractivity contribution in [2.75, 3.05) is 37.6 Å². The van der Waals surface area contributed by atoms with Gasteiger partial charge in [0.05, 0.1) is 12.2 Å². The van der Waals surface area contributed by atoms with E-state index in [9.17, 15) is 4.79 Å². The molecule has 0 amide bonds. The zero-order valence-electron chi connectivity index (χ0n) is 15.2. The van der Waals surface area contributed by atoms with Gasteiger partial charge in [0.25, 0.3) is 5.56 Å². The molecule has 0 aliphatic carbocycles. The Hall–Kier alpha value is -2.65. The van der Waals surface area contributed by atoms with Crippen molar-refractivity contribution in [3.8, 4) is 11.3 Å². The minimum atomic E-state index is -0.0734. The first-order chi connectivity index (χ1) is 13.2. The van der Waals surface area contributed by atoms with Crippen molar-refractivity contribution in [3.05, 3.63) is 52.0 Å². The van der Waals surface area contributed by atoms with Gasteiger partial charge in [0.1, 0.15) is 5.01 Å². The lowest BCUT2D eigenvalue weighted by atomic mass is 10.2. The Morgan fingerprint density at radius 2 is 1.78 bits per heavy atom. The van der Waals surface area contributed by atoms with Crippen molar-refractivity contribution in [3.63, 3.8) is 0 Å². The molecule has 0 saturated carbocycles. The average molecular weight is 383 g/mol. The van der Waals surface area contributed by atoms with Gasteiger partial charge in [0.15, 0.2) is 0 Å². The third-order valence-electron chi connectivity index (χ3n) is 4.63. The molecule has 0 N–H and O–H groups in total.